The standard InChI is InChI=1S/C13H23N3O3S/c1-15-10-13(9-12(15)11-17)20(18,19)14-5-4-8-16-6-2-3-7-16/h9-10,14,17H,2-8,11H2,1H3. The minimum Gasteiger partial charge on any atom is -0.390 e. The van der Waals surface area contributed by atoms with Crippen LogP contribution in [0.25, 0.3) is 0 Å². The van der Waals surface area contributed by atoms with Crippen LogP contribution in [0.15, 0.2) is 17.2 Å². The number of nitrogens with zero attached hydrogens (tertiary/aromatic N) is 2. The zero-order valence-corrected chi connectivity index (χ0v) is 12.7. The molecule has 1 aromatic rings. The summed E-state index contributed by atoms with van der Waals surface area (Å²) in [5.74, 6) is 0. The van der Waals surface area contributed by atoms with Crippen molar-refractivity contribution in [3.8, 4) is 0 Å². The maximum absolute atomic E-state index is 12.1. The maximum Gasteiger partial charge on any atom is 0.242 e. The third-order valence-corrected chi connectivity index (χ3v) is 5.13. The van der Waals surface area contributed by atoms with Crippen molar-refractivity contribution in [1.82, 2.24) is 14.2 Å². The van der Waals surface area contributed by atoms with Crippen LogP contribution < -0.4 is 4.72 Å². The molecule has 1 aliphatic rings. The lowest BCUT2D eigenvalue weighted by atomic mass is 10.4. The first-order valence-electron chi connectivity index (χ1n) is 7.01. The average molecular weight is 301 g/mol. The fourth-order valence-corrected chi connectivity index (χ4v) is 3.65. The van der Waals surface area contributed by atoms with E-state index in [4.69, 9.17) is 5.11 Å². The van der Waals surface area contributed by atoms with Gasteiger partial charge in [0.1, 0.15) is 0 Å². The lowest BCUT2D eigenvalue weighted by Gasteiger charge is -2.14. The van der Waals surface area contributed by atoms with Crippen molar-refractivity contribution in [2.75, 3.05) is 26.2 Å². The minimum absolute atomic E-state index is 0.166. The quantitative estimate of drug-likeness (QED) is 0.710. The molecular weight excluding hydrogens is 278 g/mol. The highest BCUT2D eigenvalue weighted by Crippen LogP contribution is 2.13. The van der Waals surface area contributed by atoms with Gasteiger partial charge in [0.2, 0.25) is 10.0 Å². The monoisotopic (exact) mass is 301 g/mol. The van der Waals surface area contributed by atoms with Gasteiger partial charge in [0.25, 0.3) is 0 Å². The Morgan fingerprint density at radius 3 is 2.65 bits per heavy atom. The molecule has 0 atom stereocenters. The molecule has 0 bridgehead atoms. The summed E-state index contributed by atoms with van der Waals surface area (Å²) >= 11 is 0. The molecule has 0 aromatic carbocycles. The van der Waals surface area contributed by atoms with Gasteiger partial charge in [-0.05, 0) is 45.0 Å². The summed E-state index contributed by atoms with van der Waals surface area (Å²) in [4.78, 5) is 2.57. The Bertz CT molecular complexity index is 533. The summed E-state index contributed by atoms with van der Waals surface area (Å²) in [6.45, 7) is 3.49. The number of nitrogens with one attached hydrogen (secondary N) is 1. The normalized spacial score (nSPS) is 16.9. The van der Waals surface area contributed by atoms with Crippen LogP contribution in [0.4, 0.5) is 0 Å². The van der Waals surface area contributed by atoms with Gasteiger partial charge in [0.05, 0.1) is 11.5 Å². The highest BCUT2D eigenvalue weighted by Gasteiger charge is 2.17. The molecule has 7 heteroatoms. The average Bonchev–Trinajstić information content (AvgIpc) is 3.04. The smallest absolute Gasteiger partial charge is 0.242 e. The molecule has 1 saturated heterocycles. The Morgan fingerprint density at radius 1 is 1.35 bits per heavy atom. The number of hydrogen-bond acceptors (Lipinski definition) is 4. The predicted molar refractivity (Wildman–Crippen MR) is 76.8 cm³/mol. The Balaban J connectivity index is 1.83. The second kappa shape index (κ2) is 6.71. The van der Waals surface area contributed by atoms with E-state index >= 15 is 0 Å². The van der Waals surface area contributed by atoms with E-state index in [-0.39, 0.29) is 11.5 Å². The molecule has 1 fully saturated rings. The van der Waals surface area contributed by atoms with Gasteiger partial charge < -0.3 is 14.6 Å². The number of aliphatic hydroxyl groups is 1. The highest BCUT2D eigenvalue weighted by atomic mass is 32.2. The second-order valence-electron chi connectivity index (χ2n) is 5.24. The zero-order valence-electron chi connectivity index (χ0n) is 11.9. The minimum atomic E-state index is -3.47. The molecule has 1 aliphatic heterocycles. The molecule has 2 heterocycles. The lowest BCUT2D eigenvalue weighted by Crippen LogP contribution is -2.28. The van der Waals surface area contributed by atoms with Crippen molar-refractivity contribution >= 4 is 10.0 Å². The van der Waals surface area contributed by atoms with Crippen LogP contribution in [-0.2, 0) is 23.7 Å². The zero-order chi connectivity index (χ0) is 14.6. The highest BCUT2D eigenvalue weighted by molar-refractivity contribution is 7.89. The van der Waals surface area contributed by atoms with Gasteiger partial charge in [-0.15, -0.1) is 0 Å². The van der Waals surface area contributed by atoms with E-state index in [1.807, 2.05) is 0 Å². The third kappa shape index (κ3) is 3.82. The first kappa shape index (κ1) is 15.5. The van der Waals surface area contributed by atoms with Gasteiger partial charge in [0.15, 0.2) is 0 Å². The van der Waals surface area contributed by atoms with Crippen LogP contribution in [0.3, 0.4) is 0 Å². The van der Waals surface area contributed by atoms with Crippen molar-refractivity contribution in [3.05, 3.63) is 18.0 Å². The van der Waals surface area contributed by atoms with Gasteiger partial charge in [-0.25, -0.2) is 13.1 Å². The summed E-state index contributed by atoms with van der Waals surface area (Å²) in [7, 11) is -1.75. The maximum atomic E-state index is 12.1. The van der Waals surface area contributed by atoms with Gasteiger partial charge in [-0.2, -0.15) is 0 Å². The van der Waals surface area contributed by atoms with Crippen LogP contribution in [0, 0.1) is 0 Å². The van der Waals surface area contributed by atoms with E-state index in [1.54, 1.807) is 11.6 Å². The van der Waals surface area contributed by atoms with E-state index in [1.165, 1.54) is 25.1 Å². The summed E-state index contributed by atoms with van der Waals surface area (Å²) < 4.78 is 28.4. The van der Waals surface area contributed by atoms with Crippen LogP contribution in [0.1, 0.15) is 25.0 Å². The fraction of sp³-hybridized carbons (Fsp3) is 0.692. The molecule has 2 rings (SSSR count). The largest absolute Gasteiger partial charge is 0.390 e. The molecule has 2 N–H and O–H groups in total. The third-order valence-electron chi connectivity index (χ3n) is 3.70. The molecule has 0 radical (unpaired) electrons. The van der Waals surface area contributed by atoms with Crippen molar-refractivity contribution < 1.29 is 13.5 Å². The predicted octanol–water partition coefficient (Wildman–Crippen LogP) is 0.282. The summed E-state index contributed by atoms with van der Waals surface area (Å²) in [6.07, 6.45) is 4.84. The second-order valence-corrected chi connectivity index (χ2v) is 7.00. The number of aryl methyl sites for hydroxylation is 1. The molecule has 0 saturated carbocycles. The van der Waals surface area contributed by atoms with E-state index in [9.17, 15) is 8.42 Å². The van der Waals surface area contributed by atoms with Gasteiger partial charge in [0, 0.05) is 25.5 Å². The van der Waals surface area contributed by atoms with Crippen LogP contribution in [-0.4, -0.2) is 49.2 Å². The van der Waals surface area contributed by atoms with Crippen molar-refractivity contribution in [2.45, 2.75) is 30.8 Å². The molecule has 0 amide bonds. The molecule has 0 aliphatic carbocycles. The van der Waals surface area contributed by atoms with Gasteiger partial charge in [-0.1, -0.05) is 0 Å². The molecule has 20 heavy (non-hydrogen) atoms. The molecule has 0 spiro atoms. The molecule has 1 aromatic heterocycles. The Hall–Kier alpha value is -0.890. The number of rotatable bonds is 7. The van der Waals surface area contributed by atoms with Crippen molar-refractivity contribution in [1.29, 1.82) is 0 Å². The van der Waals surface area contributed by atoms with Crippen molar-refractivity contribution in [3.63, 3.8) is 0 Å². The first-order valence-corrected chi connectivity index (χ1v) is 8.49. The summed E-state index contributed by atoms with van der Waals surface area (Å²) in [5.41, 5.74) is 0.586. The van der Waals surface area contributed by atoms with E-state index in [0.717, 1.165) is 26.1 Å². The van der Waals surface area contributed by atoms with E-state index < -0.39 is 10.0 Å². The fourth-order valence-electron chi connectivity index (χ4n) is 2.48. The van der Waals surface area contributed by atoms with Crippen LogP contribution in [0.2, 0.25) is 0 Å². The first-order chi connectivity index (χ1) is 9.53. The van der Waals surface area contributed by atoms with Gasteiger partial charge in [-0.3, -0.25) is 0 Å². The summed E-state index contributed by atoms with van der Waals surface area (Å²) in [5, 5.41) is 9.09. The SMILES string of the molecule is Cn1cc(S(=O)(=O)NCCCN2CCCC2)cc1CO. The molecule has 114 valence electrons. The summed E-state index contributed by atoms with van der Waals surface area (Å²) in [6, 6.07) is 1.50. The van der Waals surface area contributed by atoms with E-state index in [0.29, 0.717) is 12.2 Å². The number of hydrogen-bond donors (Lipinski definition) is 2. The molecule has 6 nitrogen and oxygen atoms in total. The molecular formula is C13H23N3O3S. The van der Waals surface area contributed by atoms with Crippen LogP contribution in [0.5, 0.6) is 0 Å². The van der Waals surface area contributed by atoms with Crippen molar-refractivity contribution in [2.24, 2.45) is 7.05 Å². The van der Waals surface area contributed by atoms with Crippen LogP contribution >= 0.6 is 0 Å². The Kier molecular flexibility index (Phi) is 5.20. The Labute approximate surface area is 120 Å². The number of aromatic nitrogens is 1. The topological polar surface area (TPSA) is 74.6 Å². The number of sulfonamides is 1. The molecule has 0 unspecified atom stereocenters. The van der Waals surface area contributed by atoms with Gasteiger partial charge >= 0.3 is 0 Å². The lowest BCUT2D eigenvalue weighted by molar-refractivity contribution is 0.272. The Morgan fingerprint density at radius 2 is 2.05 bits per heavy atom. The van der Waals surface area contributed by atoms with E-state index in [2.05, 4.69) is 9.62 Å². The number of aliphatic hydroxyl groups excluding tert-OH is 1. The number of likely N-dealkylation sites (tertiary alicyclic amines) is 1.